The standard InChI is InChI=1S/C6H11N3/c1-6(4-7)9(3)5-8-2/h5-6H,1-3H3/b8-5+. The largest absolute Gasteiger partial charge is 0.350 e. The fourth-order valence-corrected chi connectivity index (χ4v) is 0.373. The highest BCUT2D eigenvalue weighted by atomic mass is 15.1. The van der Waals surface area contributed by atoms with E-state index in [-0.39, 0.29) is 6.04 Å². The molecule has 0 aromatic heterocycles. The molecule has 0 saturated carbocycles. The summed E-state index contributed by atoms with van der Waals surface area (Å²) in [5.74, 6) is 0. The van der Waals surface area contributed by atoms with Gasteiger partial charge in [0.15, 0.2) is 0 Å². The number of nitriles is 1. The predicted molar refractivity (Wildman–Crippen MR) is 37.3 cm³/mol. The zero-order chi connectivity index (χ0) is 7.28. The predicted octanol–water partition coefficient (Wildman–Crippen LogP) is 0.488. The van der Waals surface area contributed by atoms with Gasteiger partial charge in [0.1, 0.15) is 6.04 Å². The summed E-state index contributed by atoms with van der Waals surface area (Å²) in [6, 6.07) is 1.99. The summed E-state index contributed by atoms with van der Waals surface area (Å²) in [6.45, 7) is 1.82. The lowest BCUT2D eigenvalue weighted by molar-refractivity contribution is 0.473. The Kier molecular flexibility index (Phi) is 3.45. The van der Waals surface area contributed by atoms with Crippen LogP contribution < -0.4 is 0 Å². The second-order valence-electron chi connectivity index (χ2n) is 1.84. The summed E-state index contributed by atoms with van der Waals surface area (Å²) in [7, 11) is 3.50. The van der Waals surface area contributed by atoms with Crippen LogP contribution in [-0.4, -0.2) is 31.4 Å². The van der Waals surface area contributed by atoms with Gasteiger partial charge in [-0.3, -0.25) is 4.99 Å². The van der Waals surface area contributed by atoms with E-state index >= 15 is 0 Å². The molecule has 0 heterocycles. The van der Waals surface area contributed by atoms with E-state index in [9.17, 15) is 0 Å². The topological polar surface area (TPSA) is 39.4 Å². The van der Waals surface area contributed by atoms with Crippen LogP contribution in [-0.2, 0) is 0 Å². The average molecular weight is 125 g/mol. The van der Waals surface area contributed by atoms with Crippen LogP contribution in [0.5, 0.6) is 0 Å². The molecule has 0 rings (SSSR count). The lowest BCUT2D eigenvalue weighted by Gasteiger charge is -2.13. The molecular formula is C6H11N3. The zero-order valence-electron chi connectivity index (χ0n) is 6.00. The molecule has 50 valence electrons. The summed E-state index contributed by atoms with van der Waals surface area (Å²) in [6.07, 6.45) is 1.63. The van der Waals surface area contributed by atoms with Crippen molar-refractivity contribution in [1.29, 1.82) is 5.26 Å². The van der Waals surface area contributed by atoms with Crippen molar-refractivity contribution in [2.75, 3.05) is 14.1 Å². The number of hydrogen-bond acceptors (Lipinski definition) is 2. The first kappa shape index (κ1) is 7.96. The summed E-state index contributed by atoms with van der Waals surface area (Å²) >= 11 is 0. The molecule has 0 aromatic rings. The van der Waals surface area contributed by atoms with Crippen LogP contribution in [0.3, 0.4) is 0 Å². The lowest BCUT2D eigenvalue weighted by Crippen LogP contribution is -2.25. The summed E-state index contributed by atoms with van der Waals surface area (Å²) in [4.78, 5) is 5.50. The second kappa shape index (κ2) is 3.90. The van der Waals surface area contributed by atoms with E-state index in [4.69, 9.17) is 5.26 Å². The van der Waals surface area contributed by atoms with E-state index in [1.165, 1.54) is 0 Å². The number of rotatable bonds is 2. The van der Waals surface area contributed by atoms with Gasteiger partial charge in [-0.15, -0.1) is 0 Å². The molecular weight excluding hydrogens is 114 g/mol. The monoisotopic (exact) mass is 125 g/mol. The molecule has 3 nitrogen and oxygen atoms in total. The van der Waals surface area contributed by atoms with Crippen LogP contribution >= 0.6 is 0 Å². The second-order valence-corrected chi connectivity index (χ2v) is 1.84. The van der Waals surface area contributed by atoms with Gasteiger partial charge in [-0.25, -0.2) is 0 Å². The van der Waals surface area contributed by atoms with Gasteiger partial charge in [0, 0.05) is 14.1 Å². The molecule has 0 bridgehead atoms. The molecule has 9 heavy (non-hydrogen) atoms. The third-order valence-electron chi connectivity index (χ3n) is 1.10. The van der Waals surface area contributed by atoms with Gasteiger partial charge < -0.3 is 4.90 Å². The first-order valence-corrected chi connectivity index (χ1v) is 2.76. The Morgan fingerprint density at radius 2 is 2.33 bits per heavy atom. The molecule has 0 amide bonds. The van der Waals surface area contributed by atoms with Crippen molar-refractivity contribution in [3.63, 3.8) is 0 Å². The third-order valence-corrected chi connectivity index (χ3v) is 1.10. The van der Waals surface area contributed by atoms with Crippen molar-refractivity contribution in [1.82, 2.24) is 4.90 Å². The molecule has 3 heteroatoms. The molecule has 0 spiro atoms. The minimum Gasteiger partial charge on any atom is -0.350 e. The molecule has 0 aliphatic carbocycles. The van der Waals surface area contributed by atoms with Crippen molar-refractivity contribution in [2.24, 2.45) is 4.99 Å². The van der Waals surface area contributed by atoms with Crippen LogP contribution in [0.1, 0.15) is 6.92 Å². The quantitative estimate of drug-likeness (QED) is 0.398. The van der Waals surface area contributed by atoms with E-state index in [1.807, 2.05) is 14.0 Å². The maximum absolute atomic E-state index is 8.38. The van der Waals surface area contributed by atoms with E-state index in [0.717, 1.165) is 0 Å². The number of hydrogen-bond donors (Lipinski definition) is 0. The highest BCUT2D eigenvalue weighted by molar-refractivity contribution is 5.55. The number of aliphatic imine (C=N–C) groups is 1. The van der Waals surface area contributed by atoms with E-state index in [2.05, 4.69) is 11.1 Å². The highest BCUT2D eigenvalue weighted by Crippen LogP contribution is 1.87. The van der Waals surface area contributed by atoms with Crippen LogP contribution in [0, 0.1) is 11.3 Å². The SMILES string of the molecule is C/N=C/N(C)C(C)C#N. The van der Waals surface area contributed by atoms with E-state index < -0.39 is 0 Å². The molecule has 0 radical (unpaired) electrons. The highest BCUT2D eigenvalue weighted by Gasteiger charge is 2.00. The van der Waals surface area contributed by atoms with Gasteiger partial charge in [-0.2, -0.15) is 5.26 Å². The summed E-state index contributed by atoms with van der Waals surface area (Å²) < 4.78 is 0. The van der Waals surface area contributed by atoms with Gasteiger partial charge in [0.2, 0.25) is 0 Å². The van der Waals surface area contributed by atoms with Crippen molar-refractivity contribution in [3.8, 4) is 6.07 Å². The number of nitrogens with zero attached hydrogens (tertiary/aromatic N) is 3. The Balaban J connectivity index is 3.75. The maximum atomic E-state index is 8.38. The Labute approximate surface area is 55.6 Å². The van der Waals surface area contributed by atoms with Gasteiger partial charge in [-0.1, -0.05) is 0 Å². The minimum absolute atomic E-state index is 0.0892. The summed E-state index contributed by atoms with van der Waals surface area (Å²) in [5, 5.41) is 8.38. The Bertz CT molecular complexity index is 134. The molecule has 1 atom stereocenters. The summed E-state index contributed by atoms with van der Waals surface area (Å²) in [5.41, 5.74) is 0. The van der Waals surface area contributed by atoms with Crippen molar-refractivity contribution in [2.45, 2.75) is 13.0 Å². The fraction of sp³-hybridized carbons (Fsp3) is 0.667. The molecule has 0 aromatic carbocycles. The zero-order valence-corrected chi connectivity index (χ0v) is 6.00. The first-order valence-electron chi connectivity index (χ1n) is 2.76. The molecule has 0 N–H and O–H groups in total. The molecule has 0 saturated heterocycles. The lowest BCUT2D eigenvalue weighted by atomic mass is 10.4. The van der Waals surface area contributed by atoms with Gasteiger partial charge >= 0.3 is 0 Å². The first-order chi connectivity index (χ1) is 4.22. The Morgan fingerprint density at radius 3 is 2.67 bits per heavy atom. The Hall–Kier alpha value is -1.04. The Morgan fingerprint density at radius 1 is 1.78 bits per heavy atom. The van der Waals surface area contributed by atoms with Gasteiger partial charge in [0.25, 0.3) is 0 Å². The van der Waals surface area contributed by atoms with Gasteiger partial charge in [0.05, 0.1) is 12.4 Å². The van der Waals surface area contributed by atoms with Crippen LogP contribution in [0.25, 0.3) is 0 Å². The van der Waals surface area contributed by atoms with Crippen LogP contribution in [0.2, 0.25) is 0 Å². The molecule has 0 aliphatic rings. The average Bonchev–Trinajstić information content (AvgIpc) is 1.87. The maximum Gasteiger partial charge on any atom is 0.114 e. The van der Waals surface area contributed by atoms with E-state index in [0.29, 0.717) is 0 Å². The molecule has 0 fully saturated rings. The van der Waals surface area contributed by atoms with E-state index in [1.54, 1.807) is 18.3 Å². The fourth-order valence-electron chi connectivity index (χ4n) is 0.373. The molecule has 0 aliphatic heterocycles. The minimum atomic E-state index is -0.0892. The third kappa shape index (κ3) is 2.70. The van der Waals surface area contributed by atoms with Gasteiger partial charge in [-0.05, 0) is 6.92 Å². The van der Waals surface area contributed by atoms with Crippen LogP contribution in [0.15, 0.2) is 4.99 Å². The normalized spacial score (nSPS) is 13.1. The van der Waals surface area contributed by atoms with Crippen molar-refractivity contribution in [3.05, 3.63) is 0 Å². The smallest absolute Gasteiger partial charge is 0.114 e. The van der Waals surface area contributed by atoms with Crippen LogP contribution in [0.4, 0.5) is 0 Å². The van der Waals surface area contributed by atoms with Crippen molar-refractivity contribution >= 4 is 6.34 Å². The molecule has 1 unspecified atom stereocenters. The van der Waals surface area contributed by atoms with Crippen molar-refractivity contribution < 1.29 is 0 Å².